The Kier molecular flexibility index (Phi) is 5.34. The van der Waals surface area contributed by atoms with E-state index in [0.29, 0.717) is 20.6 Å². The quantitative estimate of drug-likeness (QED) is 0.442. The van der Waals surface area contributed by atoms with Gasteiger partial charge in [0.25, 0.3) is 5.56 Å². The van der Waals surface area contributed by atoms with Gasteiger partial charge in [-0.15, -0.1) is 0 Å². The van der Waals surface area contributed by atoms with Gasteiger partial charge < -0.3 is 9.30 Å². The fourth-order valence-corrected chi connectivity index (χ4v) is 5.41. The Morgan fingerprint density at radius 1 is 1.15 bits per heavy atom. The summed E-state index contributed by atoms with van der Waals surface area (Å²) >= 11 is 1.34. The van der Waals surface area contributed by atoms with E-state index < -0.39 is 12.0 Å². The lowest BCUT2D eigenvalue weighted by atomic mass is 9.96. The number of para-hydroxylation sites is 1. The third-order valence-corrected chi connectivity index (χ3v) is 6.83. The number of allylic oxidation sites excluding steroid dienone is 1. The van der Waals surface area contributed by atoms with Gasteiger partial charge >= 0.3 is 5.97 Å². The van der Waals surface area contributed by atoms with Gasteiger partial charge in [-0.05, 0) is 31.6 Å². The van der Waals surface area contributed by atoms with Gasteiger partial charge in [0.15, 0.2) is 4.80 Å². The summed E-state index contributed by atoms with van der Waals surface area (Å²) in [4.78, 5) is 31.8. The average Bonchev–Trinajstić information content (AvgIpc) is 3.30. The Labute approximate surface area is 194 Å². The van der Waals surface area contributed by atoms with Crippen molar-refractivity contribution >= 4 is 34.3 Å². The molecule has 3 heterocycles. The van der Waals surface area contributed by atoms with Gasteiger partial charge in [-0.25, -0.2) is 9.79 Å². The number of hydrogen-bond acceptors (Lipinski definition) is 5. The average molecular weight is 458 g/mol. The summed E-state index contributed by atoms with van der Waals surface area (Å²) in [5, 5.41) is 1.08. The Morgan fingerprint density at radius 2 is 1.88 bits per heavy atom. The van der Waals surface area contributed by atoms with Crippen LogP contribution in [0.2, 0.25) is 0 Å². The third kappa shape index (κ3) is 3.54. The first kappa shape index (κ1) is 21.2. The molecular formula is C26H23N3O3S. The molecule has 0 radical (unpaired) electrons. The summed E-state index contributed by atoms with van der Waals surface area (Å²) < 4.78 is 9.58. The minimum atomic E-state index is -0.587. The normalized spacial score (nSPS) is 16.1. The molecule has 1 aliphatic rings. The van der Waals surface area contributed by atoms with Crippen molar-refractivity contribution < 1.29 is 9.53 Å². The van der Waals surface area contributed by atoms with Crippen molar-refractivity contribution in [2.24, 2.45) is 12.0 Å². The zero-order chi connectivity index (χ0) is 23.1. The first-order valence-corrected chi connectivity index (χ1v) is 11.6. The van der Waals surface area contributed by atoms with Gasteiger partial charge in [0.1, 0.15) is 0 Å². The highest BCUT2D eigenvalue weighted by Crippen LogP contribution is 2.30. The van der Waals surface area contributed by atoms with Crippen molar-refractivity contribution in [3.63, 3.8) is 0 Å². The van der Waals surface area contributed by atoms with E-state index in [1.165, 1.54) is 11.3 Å². The SMILES string of the molecule is CCOC(=O)C1=C(C)N=c2s/c(=C\c3cn(C)c4ccccc34)c(=O)n2C1c1ccccc1. The molecule has 0 amide bonds. The van der Waals surface area contributed by atoms with Crippen LogP contribution in [-0.2, 0) is 16.6 Å². The summed E-state index contributed by atoms with van der Waals surface area (Å²) in [5.74, 6) is -0.448. The Bertz CT molecular complexity index is 1590. The second kappa shape index (κ2) is 8.33. The highest BCUT2D eigenvalue weighted by atomic mass is 32.1. The van der Waals surface area contributed by atoms with E-state index in [1.54, 1.807) is 18.4 Å². The van der Waals surface area contributed by atoms with Gasteiger partial charge in [-0.1, -0.05) is 59.9 Å². The van der Waals surface area contributed by atoms with Crippen molar-refractivity contribution in [3.8, 4) is 0 Å². The number of fused-ring (bicyclic) bond motifs is 2. The zero-order valence-corrected chi connectivity index (χ0v) is 19.4. The Balaban J connectivity index is 1.75. The number of thiazole rings is 1. The predicted octanol–water partition coefficient (Wildman–Crippen LogP) is 3.29. The molecule has 33 heavy (non-hydrogen) atoms. The van der Waals surface area contributed by atoms with E-state index in [1.807, 2.05) is 72.4 Å². The molecule has 0 bridgehead atoms. The molecule has 1 atom stereocenters. The van der Waals surface area contributed by atoms with E-state index in [2.05, 4.69) is 11.1 Å². The van der Waals surface area contributed by atoms with E-state index in [4.69, 9.17) is 4.74 Å². The van der Waals surface area contributed by atoms with Crippen molar-refractivity contribution in [2.75, 3.05) is 6.61 Å². The van der Waals surface area contributed by atoms with Crippen LogP contribution in [0.4, 0.5) is 0 Å². The summed E-state index contributed by atoms with van der Waals surface area (Å²) in [6.07, 6.45) is 3.93. The number of esters is 1. The van der Waals surface area contributed by atoms with Crippen LogP contribution in [0.1, 0.15) is 31.0 Å². The molecule has 166 valence electrons. The lowest BCUT2D eigenvalue weighted by molar-refractivity contribution is -0.139. The maximum Gasteiger partial charge on any atom is 0.338 e. The number of ether oxygens (including phenoxy) is 1. The van der Waals surface area contributed by atoms with Crippen LogP contribution in [-0.4, -0.2) is 21.7 Å². The van der Waals surface area contributed by atoms with E-state index in [9.17, 15) is 9.59 Å². The summed E-state index contributed by atoms with van der Waals surface area (Å²) in [6.45, 7) is 3.82. The largest absolute Gasteiger partial charge is 0.463 e. The standard InChI is InChI=1S/C26H23N3O3S/c1-4-32-25(31)22-16(2)27-26-29(23(22)17-10-6-5-7-11-17)24(30)21(33-26)14-18-15-28(3)20-13-9-8-12-19(18)20/h5-15,23H,4H2,1-3H3/b21-14-. The molecule has 5 rings (SSSR count). The van der Waals surface area contributed by atoms with Gasteiger partial charge in [-0.3, -0.25) is 9.36 Å². The molecule has 0 spiro atoms. The van der Waals surface area contributed by atoms with Crippen LogP contribution in [0.15, 0.2) is 81.9 Å². The predicted molar refractivity (Wildman–Crippen MR) is 130 cm³/mol. The molecule has 0 saturated heterocycles. The monoisotopic (exact) mass is 457 g/mol. The fourth-order valence-electron chi connectivity index (χ4n) is 4.37. The molecular weight excluding hydrogens is 434 g/mol. The molecule has 0 aliphatic carbocycles. The number of carbonyl (C=O) groups is 1. The number of carbonyl (C=O) groups excluding carboxylic acids is 1. The van der Waals surface area contributed by atoms with Crippen LogP contribution in [0.3, 0.4) is 0 Å². The number of rotatable bonds is 4. The van der Waals surface area contributed by atoms with Crippen LogP contribution in [0, 0.1) is 0 Å². The number of aryl methyl sites for hydroxylation is 1. The molecule has 0 saturated carbocycles. The highest BCUT2D eigenvalue weighted by Gasteiger charge is 2.33. The van der Waals surface area contributed by atoms with Crippen molar-refractivity contribution in [3.05, 3.63) is 103 Å². The Hall–Kier alpha value is -3.71. The lowest BCUT2D eigenvalue weighted by Crippen LogP contribution is -2.39. The number of aromatic nitrogens is 2. The maximum atomic E-state index is 13.7. The number of nitrogens with zero attached hydrogens (tertiary/aromatic N) is 3. The summed E-state index contributed by atoms with van der Waals surface area (Å²) in [6, 6.07) is 17.1. The van der Waals surface area contributed by atoms with Crippen LogP contribution < -0.4 is 14.9 Å². The van der Waals surface area contributed by atoms with Crippen molar-refractivity contribution in [1.82, 2.24) is 9.13 Å². The van der Waals surface area contributed by atoms with Crippen molar-refractivity contribution in [2.45, 2.75) is 19.9 Å². The van der Waals surface area contributed by atoms with Crippen LogP contribution in [0.5, 0.6) is 0 Å². The molecule has 2 aromatic heterocycles. The highest BCUT2D eigenvalue weighted by molar-refractivity contribution is 7.07. The minimum Gasteiger partial charge on any atom is -0.463 e. The molecule has 1 aliphatic heterocycles. The van der Waals surface area contributed by atoms with E-state index >= 15 is 0 Å². The molecule has 0 fully saturated rings. The molecule has 7 heteroatoms. The lowest BCUT2D eigenvalue weighted by Gasteiger charge is -2.24. The first-order chi connectivity index (χ1) is 16.0. The van der Waals surface area contributed by atoms with Crippen LogP contribution >= 0.6 is 11.3 Å². The fraction of sp³-hybridized carbons (Fsp3) is 0.192. The maximum absolute atomic E-state index is 13.7. The second-order valence-electron chi connectivity index (χ2n) is 7.93. The molecule has 0 N–H and O–H groups in total. The smallest absolute Gasteiger partial charge is 0.338 e. The molecule has 1 unspecified atom stereocenters. The third-order valence-electron chi connectivity index (χ3n) is 5.85. The van der Waals surface area contributed by atoms with Crippen molar-refractivity contribution in [1.29, 1.82) is 0 Å². The number of benzene rings is 2. The van der Waals surface area contributed by atoms with Crippen LogP contribution in [0.25, 0.3) is 17.0 Å². The first-order valence-electron chi connectivity index (χ1n) is 10.8. The minimum absolute atomic E-state index is 0.171. The van der Waals surface area contributed by atoms with Gasteiger partial charge in [0, 0.05) is 29.7 Å². The van der Waals surface area contributed by atoms with Gasteiger partial charge in [-0.2, -0.15) is 0 Å². The summed E-state index contributed by atoms with van der Waals surface area (Å²) in [7, 11) is 1.99. The molecule has 2 aromatic carbocycles. The molecule has 6 nitrogen and oxygen atoms in total. The Morgan fingerprint density at radius 3 is 2.64 bits per heavy atom. The topological polar surface area (TPSA) is 65.6 Å². The van der Waals surface area contributed by atoms with Gasteiger partial charge in [0.05, 0.1) is 28.5 Å². The van der Waals surface area contributed by atoms with Gasteiger partial charge in [0.2, 0.25) is 0 Å². The molecule has 4 aromatic rings. The van der Waals surface area contributed by atoms with E-state index in [0.717, 1.165) is 22.0 Å². The van der Waals surface area contributed by atoms with E-state index in [-0.39, 0.29) is 12.2 Å². The number of hydrogen-bond donors (Lipinski definition) is 0. The zero-order valence-electron chi connectivity index (χ0n) is 18.6. The second-order valence-corrected chi connectivity index (χ2v) is 8.93. The summed E-state index contributed by atoms with van der Waals surface area (Å²) in [5.41, 5.74) is 3.70.